The highest BCUT2D eigenvalue weighted by Gasteiger charge is 2.28. The molecule has 2 heterocycles. The Morgan fingerprint density at radius 2 is 1.88 bits per heavy atom. The van der Waals surface area contributed by atoms with Crippen molar-refractivity contribution in [3.8, 4) is 0 Å². The third-order valence-corrected chi connectivity index (χ3v) is 6.93. The van der Waals surface area contributed by atoms with E-state index in [1.165, 1.54) is 11.4 Å². The molecule has 0 aliphatic carbocycles. The number of sulfonamides is 1. The van der Waals surface area contributed by atoms with Crippen LogP contribution in [0.15, 0.2) is 29.2 Å². The molecule has 2 aliphatic heterocycles. The molecule has 1 aromatic carbocycles. The van der Waals surface area contributed by atoms with Crippen molar-refractivity contribution in [2.45, 2.75) is 24.3 Å². The van der Waals surface area contributed by atoms with Gasteiger partial charge in [-0.1, -0.05) is 12.1 Å². The van der Waals surface area contributed by atoms with E-state index in [0.717, 1.165) is 31.5 Å². The number of piperidine rings is 1. The molecule has 0 spiro atoms. The van der Waals surface area contributed by atoms with Crippen molar-refractivity contribution in [2.75, 3.05) is 46.5 Å². The zero-order chi connectivity index (χ0) is 18.6. The predicted octanol–water partition coefficient (Wildman–Crippen LogP) is 1.09. The van der Waals surface area contributed by atoms with Gasteiger partial charge in [-0.2, -0.15) is 4.31 Å². The van der Waals surface area contributed by atoms with Crippen LogP contribution in [0.5, 0.6) is 0 Å². The van der Waals surface area contributed by atoms with Crippen LogP contribution in [-0.2, 0) is 30.8 Å². The van der Waals surface area contributed by atoms with Crippen molar-refractivity contribution in [2.24, 2.45) is 5.92 Å². The van der Waals surface area contributed by atoms with Crippen molar-refractivity contribution in [3.63, 3.8) is 0 Å². The maximum atomic E-state index is 12.8. The number of carbonyl (C=O) groups is 1. The molecule has 0 atom stereocenters. The van der Waals surface area contributed by atoms with Gasteiger partial charge in [-0.3, -0.25) is 9.69 Å². The number of ether oxygens (including phenoxy) is 2. The van der Waals surface area contributed by atoms with Crippen LogP contribution in [0.25, 0.3) is 0 Å². The highest BCUT2D eigenvalue weighted by molar-refractivity contribution is 7.89. The summed E-state index contributed by atoms with van der Waals surface area (Å²) in [6.07, 6.45) is 1.55. The lowest BCUT2D eigenvalue weighted by atomic mass is 9.97. The standard InChI is InChI=1S/C18H26N2O5S/c1-24-18(21)16-5-7-19(8-6-16)14-15-3-2-4-17(13-15)26(22,23)20-9-11-25-12-10-20/h2-4,13,16H,5-12,14H2,1H3. The van der Waals surface area contributed by atoms with E-state index in [1.54, 1.807) is 18.2 Å². The molecule has 3 rings (SSSR count). The number of nitrogens with zero attached hydrogens (tertiary/aromatic N) is 2. The van der Waals surface area contributed by atoms with E-state index in [0.29, 0.717) is 37.7 Å². The molecule has 0 aromatic heterocycles. The fraction of sp³-hybridized carbons (Fsp3) is 0.611. The minimum Gasteiger partial charge on any atom is -0.469 e. The molecule has 0 radical (unpaired) electrons. The topological polar surface area (TPSA) is 76.2 Å². The average molecular weight is 382 g/mol. The van der Waals surface area contributed by atoms with Crippen LogP contribution in [-0.4, -0.2) is 70.1 Å². The van der Waals surface area contributed by atoms with Crippen molar-refractivity contribution in [1.82, 2.24) is 9.21 Å². The van der Waals surface area contributed by atoms with Gasteiger partial charge in [0.15, 0.2) is 0 Å². The van der Waals surface area contributed by atoms with Crippen molar-refractivity contribution in [3.05, 3.63) is 29.8 Å². The zero-order valence-electron chi connectivity index (χ0n) is 15.1. The molecule has 26 heavy (non-hydrogen) atoms. The second-order valence-electron chi connectivity index (χ2n) is 6.74. The maximum absolute atomic E-state index is 12.8. The molecule has 8 heteroatoms. The molecule has 0 N–H and O–H groups in total. The number of hydrogen-bond donors (Lipinski definition) is 0. The Kier molecular flexibility index (Phi) is 6.29. The number of hydrogen-bond acceptors (Lipinski definition) is 6. The smallest absolute Gasteiger partial charge is 0.308 e. The van der Waals surface area contributed by atoms with Crippen LogP contribution in [0.1, 0.15) is 18.4 Å². The first-order valence-corrected chi connectivity index (χ1v) is 10.4. The monoisotopic (exact) mass is 382 g/mol. The second-order valence-corrected chi connectivity index (χ2v) is 8.68. The van der Waals surface area contributed by atoms with Gasteiger partial charge in [0.25, 0.3) is 0 Å². The van der Waals surface area contributed by atoms with Gasteiger partial charge in [0, 0.05) is 19.6 Å². The molecule has 144 valence electrons. The van der Waals surface area contributed by atoms with E-state index >= 15 is 0 Å². The number of esters is 1. The Balaban J connectivity index is 1.64. The molecular weight excluding hydrogens is 356 g/mol. The molecule has 2 aliphatic rings. The third-order valence-electron chi connectivity index (χ3n) is 5.03. The van der Waals surface area contributed by atoms with Crippen molar-refractivity contribution >= 4 is 16.0 Å². The van der Waals surface area contributed by atoms with E-state index < -0.39 is 10.0 Å². The quantitative estimate of drug-likeness (QED) is 0.710. The van der Waals surface area contributed by atoms with Crippen LogP contribution in [0.2, 0.25) is 0 Å². The van der Waals surface area contributed by atoms with E-state index in [1.807, 2.05) is 6.07 Å². The molecular formula is C18H26N2O5S. The molecule has 2 fully saturated rings. The van der Waals surface area contributed by atoms with Gasteiger partial charge < -0.3 is 9.47 Å². The molecule has 0 amide bonds. The molecule has 0 saturated carbocycles. The number of morpholine rings is 1. The van der Waals surface area contributed by atoms with Gasteiger partial charge >= 0.3 is 5.97 Å². The summed E-state index contributed by atoms with van der Waals surface area (Å²) in [7, 11) is -2.05. The molecule has 0 unspecified atom stereocenters. The van der Waals surface area contributed by atoms with Gasteiger partial charge in [-0.15, -0.1) is 0 Å². The zero-order valence-corrected chi connectivity index (χ0v) is 15.9. The van der Waals surface area contributed by atoms with Crippen LogP contribution in [0.4, 0.5) is 0 Å². The summed E-state index contributed by atoms with van der Waals surface area (Å²) in [5.41, 5.74) is 0.968. The summed E-state index contributed by atoms with van der Waals surface area (Å²) in [5.74, 6) is -0.160. The Morgan fingerprint density at radius 3 is 2.54 bits per heavy atom. The number of likely N-dealkylation sites (tertiary alicyclic amines) is 1. The van der Waals surface area contributed by atoms with Crippen molar-refractivity contribution in [1.29, 1.82) is 0 Å². The Labute approximate surface area is 154 Å². The predicted molar refractivity (Wildman–Crippen MR) is 96.0 cm³/mol. The van der Waals surface area contributed by atoms with Crippen LogP contribution >= 0.6 is 0 Å². The summed E-state index contributed by atoms with van der Waals surface area (Å²) >= 11 is 0. The first-order valence-electron chi connectivity index (χ1n) is 8.98. The summed E-state index contributed by atoms with van der Waals surface area (Å²) in [6, 6.07) is 7.16. The van der Waals surface area contributed by atoms with Gasteiger partial charge in [0.2, 0.25) is 10.0 Å². The SMILES string of the molecule is COC(=O)C1CCN(Cc2cccc(S(=O)(=O)N3CCOCC3)c2)CC1. The van der Waals surface area contributed by atoms with E-state index in [9.17, 15) is 13.2 Å². The Bertz CT molecular complexity index is 723. The fourth-order valence-electron chi connectivity index (χ4n) is 3.49. The van der Waals surface area contributed by atoms with Gasteiger partial charge in [-0.05, 0) is 43.6 Å². The summed E-state index contributed by atoms with van der Waals surface area (Å²) in [5, 5.41) is 0. The van der Waals surface area contributed by atoms with Gasteiger partial charge in [0.1, 0.15) is 0 Å². The van der Waals surface area contributed by atoms with Crippen LogP contribution in [0, 0.1) is 5.92 Å². The third kappa shape index (κ3) is 4.43. The fourth-order valence-corrected chi connectivity index (χ4v) is 4.97. The number of methoxy groups -OCH3 is 1. The molecule has 1 aromatic rings. The second kappa shape index (κ2) is 8.47. The highest BCUT2D eigenvalue weighted by atomic mass is 32.2. The number of benzene rings is 1. The van der Waals surface area contributed by atoms with E-state index in [-0.39, 0.29) is 11.9 Å². The van der Waals surface area contributed by atoms with Crippen LogP contribution < -0.4 is 0 Å². The Morgan fingerprint density at radius 1 is 1.19 bits per heavy atom. The molecule has 7 nitrogen and oxygen atoms in total. The molecule has 2 saturated heterocycles. The Hall–Kier alpha value is -1.48. The lowest BCUT2D eigenvalue weighted by molar-refractivity contribution is -0.147. The number of rotatable bonds is 5. The lowest BCUT2D eigenvalue weighted by Crippen LogP contribution is -2.40. The molecule has 0 bridgehead atoms. The first-order chi connectivity index (χ1) is 12.5. The van der Waals surface area contributed by atoms with Crippen molar-refractivity contribution < 1.29 is 22.7 Å². The number of carbonyl (C=O) groups excluding carboxylic acids is 1. The largest absolute Gasteiger partial charge is 0.469 e. The summed E-state index contributed by atoms with van der Waals surface area (Å²) in [4.78, 5) is 14.2. The highest BCUT2D eigenvalue weighted by Crippen LogP contribution is 2.22. The minimum atomic E-state index is -3.48. The average Bonchev–Trinajstić information content (AvgIpc) is 2.69. The van der Waals surface area contributed by atoms with Gasteiger partial charge in [0.05, 0.1) is 31.1 Å². The minimum absolute atomic E-state index is 0.0238. The first kappa shape index (κ1) is 19.3. The summed E-state index contributed by atoms with van der Waals surface area (Å²) < 4.78 is 37.1. The van der Waals surface area contributed by atoms with Gasteiger partial charge in [-0.25, -0.2) is 8.42 Å². The summed E-state index contributed by atoms with van der Waals surface area (Å²) in [6.45, 7) is 3.96. The maximum Gasteiger partial charge on any atom is 0.308 e. The van der Waals surface area contributed by atoms with Crippen LogP contribution in [0.3, 0.4) is 0 Å². The van der Waals surface area contributed by atoms with E-state index in [4.69, 9.17) is 9.47 Å². The van der Waals surface area contributed by atoms with E-state index in [2.05, 4.69) is 4.90 Å². The lowest BCUT2D eigenvalue weighted by Gasteiger charge is -2.30. The normalized spacial score (nSPS) is 20.8.